The SMILES string of the molecule is COC(C)(C)CNc1cc(C(=O)O)c(F)cc1[N+](=O)[O-]. The van der Waals surface area contributed by atoms with Crippen LogP contribution in [0.1, 0.15) is 24.2 Å². The van der Waals surface area contributed by atoms with Crippen molar-refractivity contribution in [3.05, 3.63) is 33.6 Å². The average molecular weight is 286 g/mol. The first-order valence-corrected chi connectivity index (χ1v) is 5.68. The van der Waals surface area contributed by atoms with Crippen molar-refractivity contribution in [3.8, 4) is 0 Å². The summed E-state index contributed by atoms with van der Waals surface area (Å²) in [5, 5.41) is 22.4. The summed E-state index contributed by atoms with van der Waals surface area (Å²) < 4.78 is 18.6. The van der Waals surface area contributed by atoms with Gasteiger partial charge in [0.05, 0.1) is 22.2 Å². The van der Waals surface area contributed by atoms with Crippen LogP contribution in [0.4, 0.5) is 15.8 Å². The van der Waals surface area contributed by atoms with Gasteiger partial charge < -0.3 is 15.2 Å². The van der Waals surface area contributed by atoms with E-state index in [0.29, 0.717) is 6.07 Å². The number of halogens is 1. The van der Waals surface area contributed by atoms with Gasteiger partial charge in [-0.3, -0.25) is 10.1 Å². The van der Waals surface area contributed by atoms with Gasteiger partial charge in [0, 0.05) is 13.7 Å². The van der Waals surface area contributed by atoms with Crippen LogP contribution in [0.2, 0.25) is 0 Å². The highest BCUT2D eigenvalue weighted by molar-refractivity contribution is 5.90. The second kappa shape index (κ2) is 5.83. The van der Waals surface area contributed by atoms with Crippen LogP contribution < -0.4 is 5.32 Å². The van der Waals surface area contributed by atoms with E-state index in [1.165, 1.54) is 7.11 Å². The number of nitrogens with one attached hydrogen (secondary N) is 1. The molecule has 20 heavy (non-hydrogen) atoms. The standard InChI is InChI=1S/C12H15FN2O5/c1-12(2,20-3)6-14-9-4-7(11(16)17)8(13)5-10(9)15(18)19/h4-5,14H,6H2,1-3H3,(H,16,17). The lowest BCUT2D eigenvalue weighted by atomic mass is 10.1. The topological polar surface area (TPSA) is 102 Å². The Kier molecular flexibility index (Phi) is 4.61. The maximum Gasteiger partial charge on any atom is 0.338 e. The number of hydrogen-bond acceptors (Lipinski definition) is 5. The van der Waals surface area contributed by atoms with Gasteiger partial charge >= 0.3 is 5.97 Å². The van der Waals surface area contributed by atoms with E-state index in [0.717, 1.165) is 6.07 Å². The predicted octanol–water partition coefficient (Wildman–Crippen LogP) is 2.27. The van der Waals surface area contributed by atoms with Crippen molar-refractivity contribution in [1.29, 1.82) is 0 Å². The van der Waals surface area contributed by atoms with Crippen LogP contribution >= 0.6 is 0 Å². The molecule has 0 saturated carbocycles. The van der Waals surface area contributed by atoms with Crippen LogP contribution in [0, 0.1) is 15.9 Å². The number of benzene rings is 1. The molecular formula is C12H15FN2O5. The van der Waals surface area contributed by atoms with E-state index in [1.807, 2.05) is 0 Å². The van der Waals surface area contributed by atoms with Crippen LogP contribution in [-0.4, -0.2) is 35.3 Å². The number of ether oxygens (including phenoxy) is 1. The number of hydrogen-bond donors (Lipinski definition) is 2. The van der Waals surface area contributed by atoms with Crippen LogP contribution in [0.15, 0.2) is 12.1 Å². The summed E-state index contributed by atoms with van der Waals surface area (Å²) in [5.41, 5.74) is -1.85. The molecule has 0 radical (unpaired) electrons. The fraction of sp³-hybridized carbons (Fsp3) is 0.417. The Labute approximate surface area is 114 Å². The van der Waals surface area contributed by atoms with Gasteiger partial charge in [-0.15, -0.1) is 0 Å². The van der Waals surface area contributed by atoms with E-state index < -0.39 is 33.6 Å². The third-order valence-electron chi connectivity index (χ3n) is 2.77. The van der Waals surface area contributed by atoms with Gasteiger partial charge in [0.2, 0.25) is 0 Å². The summed E-state index contributed by atoms with van der Waals surface area (Å²) in [7, 11) is 1.48. The molecule has 0 spiro atoms. The molecule has 0 unspecified atom stereocenters. The van der Waals surface area contributed by atoms with Crippen molar-refractivity contribution in [3.63, 3.8) is 0 Å². The molecule has 0 saturated heterocycles. The molecule has 0 atom stereocenters. The van der Waals surface area contributed by atoms with Crippen molar-refractivity contribution >= 4 is 17.3 Å². The molecule has 1 aromatic rings. The van der Waals surface area contributed by atoms with E-state index in [4.69, 9.17) is 9.84 Å². The van der Waals surface area contributed by atoms with Gasteiger partial charge in [0.1, 0.15) is 11.5 Å². The lowest BCUT2D eigenvalue weighted by Crippen LogP contribution is -2.32. The van der Waals surface area contributed by atoms with E-state index >= 15 is 0 Å². The first kappa shape index (κ1) is 15.8. The number of aromatic carboxylic acids is 1. The Morgan fingerprint density at radius 2 is 2.15 bits per heavy atom. The Morgan fingerprint density at radius 3 is 2.60 bits per heavy atom. The van der Waals surface area contributed by atoms with Crippen LogP contribution in [0.3, 0.4) is 0 Å². The normalized spacial score (nSPS) is 11.2. The van der Waals surface area contributed by atoms with Gasteiger partial charge in [-0.2, -0.15) is 0 Å². The fourth-order valence-corrected chi connectivity index (χ4v) is 1.40. The van der Waals surface area contributed by atoms with Crippen LogP contribution in [0.5, 0.6) is 0 Å². The number of methoxy groups -OCH3 is 1. The molecule has 1 rings (SSSR count). The number of nitro benzene ring substituents is 1. The molecule has 0 aliphatic heterocycles. The second-order valence-corrected chi connectivity index (χ2v) is 4.73. The zero-order chi connectivity index (χ0) is 15.5. The van der Waals surface area contributed by atoms with Gasteiger partial charge in [-0.1, -0.05) is 0 Å². The van der Waals surface area contributed by atoms with Gasteiger partial charge in [0.25, 0.3) is 5.69 Å². The highest BCUT2D eigenvalue weighted by Gasteiger charge is 2.23. The van der Waals surface area contributed by atoms with Crippen molar-refractivity contribution in [2.45, 2.75) is 19.4 Å². The molecular weight excluding hydrogens is 271 g/mol. The maximum atomic E-state index is 13.4. The molecule has 0 aliphatic rings. The minimum atomic E-state index is -1.49. The third-order valence-corrected chi connectivity index (χ3v) is 2.77. The molecule has 0 aromatic heterocycles. The number of carboxylic acids is 1. The lowest BCUT2D eigenvalue weighted by molar-refractivity contribution is -0.384. The van der Waals surface area contributed by atoms with Crippen molar-refractivity contribution in [2.24, 2.45) is 0 Å². The minimum absolute atomic E-state index is 0.0704. The van der Waals surface area contributed by atoms with E-state index in [9.17, 15) is 19.3 Å². The molecule has 0 heterocycles. The fourth-order valence-electron chi connectivity index (χ4n) is 1.40. The third kappa shape index (κ3) is 3.64. The average Bonchev–Trinajstić information content (AvgIpc) is 2.36. The first-order valence-electron chi connectivity index (χ1n) is 5.68. The molecule has 1 aromatic carbocycles. The highest BCUT2D eigenvalue weighted by Crippen LogP contribution is 2.28. The lowest BCUT2D eigenvalue weighted by Gasteiger charge is -2.23. The second-order valence-electron chi connectivity index (χ2n) is 4.73. The molecule has 0 fully saturated rings. The number of anilines is 1. The smallest absolute Gasteiger partial charge is 0.338 e. The Hall–Kier alpha value is -2.22. The molecule has 7 nitrogen and oxygen atoms in total. The number of carbonyl (C=O) groups is 1. The molecule has 8 heteroatoms. The van der Waals surface area contributed by atoms with Crippen LogP contribution in [0.25, 0.3) is 0 Å². The molecule has 0 aliphatic carbocycles. The molecule has 0 bridgehead atoms. The maximum absolute atomic E-state index is 13.4. The number of rotatable bonds is 6. The van der Waals surface area contributed by atoms with Crippen molar-refractivity contribution in [1.82, 2.24) is 0 Å². The number of nitrogens with zero attached hydrogens (tertiary/aromatic N) is 1. The van der Waals surface area contributed by atoms with Gasteiger partial charge in [-0.25, -0.2) is 9.18 Å². The summed E-state index contributed by atoms with van der Waals surface area (Å²) in [6, 6.07) is 1.49. The zero-order valence-electron chi connectivity index (χ0n) is 11.3. The van der Waals surface area contributed by atoms with E-state index in [1.54, 1.807) is 13.8 Å². The Morgan fingerprint density at radius 1 is 1.55 bits per heavy atom. The Balaban J connectivity index is 3.18. The van der Waals surface area contributed by atoms with Crippen molar-refractivity contribution in [2.75, 3.05) is 19.0 Å². The summed E-state index contributed by atoms with van der Waals surface area (Å²) in [6.45, 7) is 3.68. The largest absolute Gasteiger partial charge is 0.478 e. The monoisotopic (exact) mass is 286 g/mol. The summed E-state index contributed by atoms with van der Waals surface area (Å²) in [4.78, 5) is 20.9. The summed E-state index contributed by atoms with van der Waals surface area (Å²) in [5.74, 6) is -2.65. The van der Waals surface area contributed by atoms with E-state index in [-0.39, 0.29) is 12.2 Å². The predicted molar refractivity (Wildman–Crippen MR) is 69.6 cm³/mol. The summed E-state index contributed by atoms with van der Waals surface area (Å²) >= 11 is 0. The van der Waals surface area contributed by atoms with Gasteiger partial charge in [-0.05, 0) is 19.9 Å². The summed E-state index contributed by atoms with van der Waals surface area (Å²) in [6.07, 6.45) is 0. The zero-order valence-corrected chi connectivity index (χ0v) is 11.3. The van der Waals surface area contributed by atoms with Crippen molar-refractivity contribution < 1.29 is 24.0 Å². The molecule has 0 amide bonds. The van der Waals surface area contributed by atoms with Gasteiger partial charge in [0.15, 0.2) is 0 Å². The van der Waals surface area contributed by atoms with E-state index in [2.05, 4.69) is 5.32 Å². The number of nitro groups is 1. The quantitative estimate of drug-likeness (QED) is 0.614. The minimum Gasteiger partial charge on any atom is -0.478 e. The highest BCUT2D eigenvalue weighted by atomic mass is 19.1. The number of carboxylic acid groups (broad SMARTS) is 1. The first-order chi connectivity index (χ1) is 9.18. The Bertz CT molecular complexity index is 545. The van der Waals surface area contributed by atoms with Crippen LogP contribution in [-0.2, 0) is 4.74 Å². The molecule has 110 valence electrons. The molecule has 2 N–H and O–H groups in total.